The van der Waals surface area contributed by atoms with Crippen molar-refractivity contribution in [3.63, 3.8) is 0 Å². The normalized spacial score (nSPS) is 22.0. The molecule has 2 unspecified atom stereocenters. The van der Waals surface area contributed by atoms with Gasteiger partial charge in [-0.25, -0.2) is 13.7 Å². The van der Waals surface area contributed by atoms with Gasteiger partial charge < -0.3 is 14.4 Å². The van der Waals surface area contributed by atoms with E-state index in [-0.39, 0.29) is 22.3 Å². The van der Waals surface area contributed by atoms with Gasteiger partial charge in [-0.2, -0.15) is 0 Å². The van der Waals surface area contributed by atoms with Crippen LogP contribution in [0.15, 0.2) is 18.2 Å². The van der Waals surface area contributed by atoms with E-state index in [0.29, 0.717) is 13.1 Å². The Kier molecular flexibility index (Phi) is 6.27. The summed E-state index contributed by atoms with van der Waals surface area (Å²) in [5, 5.41) is 0. The number of benzene rings is 1. The summed E-state index contributed by atoms with van der Waals surface area (Å²) in [7, 11) is 0.498. The van der Waals surface area contributed by atoms with Crippen molar-refractivity contribution in [3.8, 4) is 5.75 Å². The molecule has 1 aromatic carbocycles. The van der Waals surface area contributed by atoms with Crippen LogP contribution in [0, 0.1) is 5.41 Å². The van der Waals surface area contributed by atoms with Crippen LogP contribution in [0.5, 0.6) is 5.75 Å². The molecule has 7 heteroatoms. The molecule has 2 atom stereocenters. The Bertz CT molecular complexity index is 817. The van der Waals surface area contributed by atoms with E-state index in [1.54, 1.807) is 12.0 Å². The van der Waals surface area contributed by atoms with Crippen molar-refractivity contribution >= 4 is 17.1 Å². The molecule has 1 N–H and O–H groups in total. The number of hydrogen-bond donors (Lipinski definition) is 1. The second-order valence-corrected chi connectivity index (χ2v) is 12.5. The fourth-order valence-electron chi connectivity index (χ4n) is 4.42. The number of fused-ring (bicyclic) bond motifs is 1. The molecule has 2 aliphatic rings. The zero-order valence-corrected chi connectivity index (χ0v) is 20.1. The van der Waals surface area contributed by atoms with Crippen LogP contribution in [-0.4, -0.2) is 45.7 Å². The second kappa shape index (κ2) is 8.15. The minimum Gasteiger partial charge on any atom is -0.496 e. The lowest BCUT2D eigenvalue weighted by molar-refractivity contribution is 0.00720. The first-order chi connectivity index (χ1) is 13.9. The van der Waals surface area contributed by atoms with Gasteiger partial charge in [0.15, 0.2) is 0 Å². The Hall–Kier alpha value is -1.60. The second-order valence-electron chi connectivity index (χ2n) is 10.5. The lowest BCUT2D eigenvalue weighted by Gasteiger charge is -2.44. The van der Waals surface area contributed by atoms with Crippen LogP contribution in [-0.2, 0) is 22.1 Å². The zero-order chi connectivity index (χ0) is 22.3. The van der Waals surface area contributed by atoms with Crippen LogP contribution < -0.4 is 9.46 Å². The van der Waals surface area contributed by atoms with Crippen LogP contribution in [0.1, 0.15) is 71.6 Å². The van der Waals surface area contributed by atoms with E-state index >= 15 is 0 Å². The van der Waals surface area contributed by atoms with Crippen molar-refractivity contribution < 1.29 is 18.5 Å². The number of ether oxygens (including phenoxy) is 2. The number of likely N-dealkylation sites (tertiary alicyclic amines) is 1. The smallest absolute Gasteiger partial charge is 0.410 e. The highest BCUT2D eigenvalue weighted by atomic mass is 32.2. The minimum absolute atomic E-state index is 0.0385. The Labute approximate surface area is 183 Å². The minimum atomic E-state index is -1.20. The monoisotopic (exact) mass is 436 g/mol. The fraction of sp³-hybridized carbons (Fsp3) is 0.696. The van der Waals surface area contributed by atoms with Crippen molar-refractivity contribution in [3.05, 3.63) is 29.3 Å². The number of nitrogens with one attached hydrogen (secondary N) is 1. The molecule has 168 valence electrons. The predicted octanol–water partition coefficient (Wildman–Crippen LogP) is 4.36. The number of carbonyl (C=O) groups is 1. The number of hydrogen-bond acceptors (Lipinski definition) is 4. The average Bonchev–Trinajstić information content (AvgIpc) is 2.93. The molecule has 1 saturated heterocycles. The number of methoxy groups -OCH3 is 1. The van der Waals surface area contributed by atoms with Gasteiger partial charge in [0.05, 0.1) is 28.9 Å². The Morgan fingerprint density at radius 3 is 2.33 bits per heavy atom. The van der Waals surface area contributed by atoms with E-state index in [9.17, 15) is 9.00 Å². The molecule has 3 rings (SSSR count). The van der Waals surface area contributed by atoms with E-state index < -0.39 is 16.6 Å². The molecule has 1 heterocycles. The maximum Gasteiger partial charge on any atom is 0.410 e. The lowest BCUT2D eigenvalue weighted by Crippen LogP contribution is -2.49. The van der Waals surface area contributed by atoms with Crippen LogP contribution in [0.25, 0.3) is 0 Å². The predicted molar refractivity (Wildman–Crippen MR) is 120 cm³/mol. The van der Waals surface area contributed by atoms with E-state index in [1.165, 1.54) is 5.56 Å². The largest absolute Gasteiger partial charge is 0.496 e. The van der Waals surface area contributed by atoms with Gasteiger partial charge in [-0.1, -0.05) is 12.1 Å². The standard InChI is InChI=1S/C23H36N2O4S/c1-21(2,3)29-20(26)25-13-11-23(12-14-25)15-17-16(9-8-10-18(17)28-7)19(23)24-30(27)22(4,5)6/h8-10,19,24H,11-15H2,1-7H3. The molecule has 6 nitrogen and oxygen atoms in total. The third-order valence-corrected chi connectivity index (χ3v) is 7.60. The molecule has 1 aliphatic heterocycles. The third kappa shape index (κ3) is 4.67. The van der Waals surface area contributed by atoms with Gasteiger partial charge in [0.25, 0.3) is 0 Å². The van der Waals surface area contributed by atoms with Crippen LogP contribution >= 0.6 is 0 Å². The topological polar surface area (TPSA) is 67.9 Å². The molecule has 1 aliphatic carbocycles. The molecule has 1 aromatic rings. The molecular weight excluding hydrogens is 400 g/mol. The SMILES string of the molecule is COc1cccc2c1CC1(CCN(C(=O)OC(C)(C)C)CC1)C2NS(=O)C(C)(C)C. The van der Waals surface area contributed by atoms with Gasteiger partial charge in [0.1, 0.15) is 11.4 Å². The number of amides is 1. The molecule has 0 bridgehead atoms. The zero-order valence-electron chi connectivity index (χ0n) is 19.3. The number of carbonyl (C=O) groups excluding carboxylic acids is 1. The Balaban J connectivity index is 1.86. The van der Waals surface area contributed by atoms with Crippen molar-refractivity contribution in [2.75, 3.05) is 20.2 Å². The third-order valence-electron chi connectivity index (χ3n) is 6.03. The van der Waals surface area contributed by atoms with E-state index in [0.717, 1.165) is 30.6 Å². The van der Waals surface area contributed by atoms with Crippen LogP contribution in [0.2, 0.25) is 0 Å². The summed E-state index contributed by atoms with van der Waals surface area (Å²) in [5.41, 5.74) is 1.75. The maximum absolute atomic E-state index is 13.0. The number of rotatable bonds is 3. The molecule has 1 spiro atoms. The summed E-state index contributed by atoms with van der Waals surface area (Å²) >= 11 is 0. The van der Waals surface area contributed by atoms with E-state index in [2.05, 4.69) is 10.8 Å². The lowest BCUT2D eigenvalue weighted by atomic mass is 9.73. The van der Waals surface area contributed by atoms with Crippen molar-refractivity contribution in [2.45, 2.75) is 77.2 Å². The van der Waals surface area contributed by atoms with Gasteiger partial charge in [0.2, 0.25) is 0 Å². The van der Waals surface area contributed by atoms with Gasteiger partial charge >= 0.3 is 6.09 Å². The first kappa shape index (κ1) is 23.1. The van der Waals surface area contributed by atoms with Crippen LogP contribution in [0.4, 0.5) is 4.79 Å². The van der Waals surface area contributed by atoms with Crippen LogP contribution in [0.3, 0.4) is 0 Å². The highest BCUT2D eigenvalue weighted by Gasteiger charge is 2.50. The van der Waals surface area contributed by atoms with Gasteiger partial charge in [0, 0.05) is 13.1 Å². The molecular formula is C23H36N2O4S. The summed E-state index contributed by atoms with van der Waals surface area (Å²) < 4.78 is 27.3. The quantitative estimate of drug-likeness (QED) is 0.764. The first-order valence-corrected chi connectivity index (χ1v) is 11.8. The molecule has 30 heavy (non-hydrogen) atoms. The Morgan fingerprint density at radius 1 is 1.17 bits per heavy atom. The van der Waals surface area contributed by atoms with E-state index in [4.69, 9.17) is 9.47 Å². The summed E-state index contributed by atoms with van der Waals surface area (Å²) in [6, 6.07) is 6.07. The number of piperidine rings is 1. The summed E-state index contributed by atoms with van der Waals surface area (Å²) in [4.78, 5) is 14.3. The molecule has 1 fully saturated rings. The molecule has 0 aromatic heterocycles. The maximum atomic E-state index is 13.0. The highest BCUT2D eigenvalue weighted by Crippen LogP contribution is 2.54. The highest BCUT2D eigenvalue weighted by molar-refractivity contribution is 7.84. The molecule has 0 radical (unpaired) electrons. The number of nitrogens with zero attached hydrogens (tertiary/aromatic N) is 1. The first-order valence-electron chi connectivity index (χ1n) is 10.7. The summed E-state index contributed by atoms with van der Waals surface area (Å²) in [5.74, 6) is 0.882. The average molecular weight is 437 g/mol. The van der Waals surface area contributed by atoms with Crippen molar-refractivity contribution in [1.29, 1.82) is 0 Å². The fourth-order valence-corrected chi connectivity index (χ4v) is 5.36. The van der Waals surface area contributed by atoms with Crippen molar-refractivity contribution in [2.24, 2.45) is 5.41 Å². The van der Waals surface area contributed by atoms with Gasteiger partial charge in [-0.05, 0) is 83.4 Å². The Morgan fingerprint density at radius 2 is 1.80 bits per heavy atom. The van der Waals surface area contributed by atoms with E-state index in [1.807, 2.05) is 53.7 Å². The van der Waals surface area contributed by atoms with Gasteiger partial charge in [-0.15, -0.1) is 0 Å². The van der Waals surface area contributed by atoms with Gasteiger partial charge in [-0.3, -0.25) is 0 Å². The van der Waals surface area contributed by atoms with Crippen molar-refractivity contribution in [1.82, 2.24) is 9.62 Å². The molecule has 1 amide bonds. The summed E-state index contributed by atoms with van der Waals surface area (Å²) in [6.45, 7) is 12.9. The molecule has 0 saturated carbocycles. The summed E-state index contributed by atoms with van der Waals surface area (Å²) in [6.07, 6.45) is 2.24.